The fraction of sp³-hybridized carbons (Fsp3) is 0.700. The Kier molecular flexibility index (Phi) is 2.36. The predicted molar refractivity (Wildman–Crippen MR) is 62.8 cm³/mol. The zero-order valence-corrected chi connectivity index (χ0v) is 9.52. The molecule has 4 nitrogen and oxygen atoms in total. The third kappa shape index (κ3) is 1.54. The summed E-state index contributed by atoms with van der Waals surface area (Å²) in [6.45, 7) is 1.77. The van der Waals surface area contributed by atoms with Gasteiger partial charge in [-0.15, -0.1) is 0 Å². The number of aromatic nitrogens is 2. The minimum atomic E-state index is 0.539. The van der Waals surface area contributed by atoms with Gasteiger partial charge in [0.2, 0.25) is 0 Å². The van der Waals surface area contributed by atoms with E-state index >= 15 is 0 Å². The first kappa shape index (κ1) is 9.54. The molecule has 0 saturated carbocycles. The first-order valence-corrected chi connectivity index (χ1v) is 6.66. The van der Waals surface area contributed by atoms with Crippen molar-refractivity contribution < 1.29 is 0 Å². The van der Waals surface area contributed by atoms with Crippen LogP contribution in [0.25, 0.3) is 0 Å². The van der Waals surface area contributed by atoms with E-state index in [9.17, 15) is 0 Å². The molecule has 5 heteroatoms. The van der Waals surface area contributed by atoms with Crippen molar-refractivity contribution in [2.75, 3.05) is 17.2 Å². The van der Waals surface area contributed by atoms with Crippen LogP contribution in [-0.4, -0.2) is 21.3 Å². The summed E-state index contributed by atoms with van der Waals surface area (Å²) in [6, 6.07) is 0.539. The molecule has 0 bridgehead atoms. The molecule has 3 N–H and O–H groups in total. The van der Waals surface area contributed by atoms with Gasteiger partial charge in [-0.2, -0.15) is 16.9 Å². The number of fused-ring (bicyclic) bond motifs is 1. The lowest BCUT2D eigenvalue weighted by Gasteiger charge is -2.23. The smallest absolute Gasteiger partial charge is 0.126 e. The molecule has 1 aromatic heterocycles. The van der Waals surface area contributed by atoms with Gasteiger partial charge in [0.15, 0.2) is 0 Å². The van der Waals surface area contributed by atoms with Crippen molar-refractivity contribution in [3.63, 3.8) is 0 Å². The van der Waals surface area contributed by atoms with Gasteiger partial charge in [-0.1, -0.05) is 0 Å². The van der Waals surface area contributed by atoms with Gasteiger partial charge in [-0.3, -0.25) is 0 Å². The number of thioether (sulfide) groups is 1. The van der Waals surface area contributed by atoms with E-state index in [1.165, 1.54) is 29.9 Å². The first-order valence-electron chi connectivity index (χ1n) is 5.50. The number of hydrogen-bond donors (Lipinski definition) is 2. The van der Waals surface area contributed by atoms with Crippen molar-refractivity contribution in [3.05, 3.63) is 11.3 Å². The maximum atomic E-state index is 6.14. The second-order valence-corrected chi connectivity index (χ2v) is 5.43. The molecule has 1 saturated heterocycles. The molecule has 15 heavy (non-hydrogen) atoms. The molecule has 2 aliphatic rings. The molecule has 82 valence electrons. The minimum absolute atomic E-state index is 0.539. The number of nitrogens with one attached hydrogen (secondary N) is 1. The number of nitrogens with zero attached hydrogens (tertiary/aromatic N) is 2. The molecule has 3 rings (SSSR count). The van der Waals surface area contributed by atoms with E-state index in [-0.39, 0.29) is 0 Å². The minimum Gasteiger partial charge on any atom is -0.384 e. The molecular formula is C10H16N4S. The maximum Gasteiger partial charge on any atom is 0.126 e. The van der Waals surface area contributed by atoms with Gasteiger partial charge in [0.05, 0.1) is 11.7 Å². The Morgan fingerprint density at radius 3 is 2.87 bits per heavy atom. The highest BCUT2D eigenvalue weighted by Gasteiger charge is 2.25. The highest BCUT2D eigenvalue weighted by molar-refractivity contribution is 7.99. The molecule has 3 heterocycles. The molecule has 2 aliphatic heterocycles. The van der Waals surface area contributed by atoms with Gasteiger partial charge in [-0.25, -0.2) is 4.68 Å². The van der Waals surface area contributed by atoms with Gasteiger partial charge in [0, 0.05) is 18.7 Å². The van der Waals surface area contributed by atoms with E-state index in [1.807, 2.05) is 11.8 Å². The van der Waals surface area contributed by atoms with Crippen molar-refractivity contribution in [2.45, 2.75) is 32.0 Å². The van der Waals surface area contributed by atoms with Crippen LogP contribution in [0, 0.1) is 0 Å². The van der Waals surface area contributed by atoms with Crippen LogP contribution in [0.5, 0.6) is 0 Å². The molecule has 0 spiro atoms. The summed E-state index contributed by atoms with van der Waals surface area (Å²) in [5.74, 6) is 3.38. The summed E-state index contributed by atoms with van der Waals surface area (Å²) >= 11 is 2.04. The maximum absolute atomic E-state index is 6.14. The van der Waals surface area contributed by atoms with Gasteiger partial charge in [0.1, 0.15) is 5.82 Å². The molecule has 1 aromatic rings. The lowest BCUT2D eigenvalue weighted by atomic mass is 10.1. The van der Waals surface area contributed by atoms with E-state index < -0.39 is 0 Å². The Morgan fingerprint density at radius 2 is 2.13 bits per heavy atom. The fourth-order valence-electron chi connectivity index (χ4n) is 2.38. The van der Waals surface area contributed by atoms with Crippen LogP contribution in [0.2, 0.25) is 0 Å². The van der Waals surface area contributed by atoms with Crippen molar-refractivity contribution in [3.8, 4) is 0 Å². The molecular weight excluding hydrogens is 208 g/mol. The van der Waals surface area contributed by atoms with E-state index in [4.69, 9.17) is 5.73 Å². The van der Waals surface area contributed by atoms with Crippen LogP contribution in [0.1, 0.15) is 30.1 Å². The van der Waals surface area contributed by atoms with Crippen LogP contribution in [0.4, 0.5) is 5.82 Å². The number of rotatable bonds is 1. The zero-order chi connectivity index (χ0) is 10.3. The van der Waals surface area contributed by atoms with Crippen LogP contribution >= 0.6 is 11.8 Å². The summed E-state index contributed by atoms with van der Waals surface area (Å²) in [4.78, 5) is 0. The topological polar surface area (TPSA) is 55.9 Å². The normalized spacial score (nSPS) is 21.9. The Labute approximate surface area is 93.6 Å². The number of nitrogens with two attached hydrogens (primary N) is 1. The summed E-state index contributed by atoms with van der Waals surface area (Å²) in [5, 5.41) is 7.91. The Balaban J connectivity index is 1.91. The molecule has 0 aliphatic carbocycles. The summed E-state index contributed by atoms with van der Waals surface area (Å²) in [7, 11) is 0. The van der Waals surface area contributed by atoms with Crippen molar-refractivity contribution in [1.82, 2.24) is 15.1 Å². The van der Waals surface area contributed by atoms with E-state index in [0.717, 1.165) is 24.6 Å². The lowest BCUT2D eigenvalue weighted by Crippen LogP contribution is -2.19. The van der Waals surface area contributed by atoms with Crippen molar-refractivity contribution >= 4 is 17.6 Å². The van der Waals surface area contributed by atoms with Crippen molar-refractivity contribution in [2.24, 2.45) is 0 Å². The second-order valence-electron chi connectivity index (χ2n) is 4.20. The number of hydrogen-bond acceptors (Lipinski definition) is 4. The van der Waals surface area contributed by atoms with Crippen molar-refractivity contribution in [1.29, 1.82) is 0 Å². The van der Waals surface area contributed by atoms with Crippen LogP contribution in [-0.2, 0) is 13.1 Å². The largest absolute Gasteiger partial charge is 0.384 e. The first-order chi connectivity index (χ1) is 7.36. The van der Waals surface area contributed by atoms with E-state index in [0.29, 0.717) is 6.04 Å². The Bertz CT molecular complexity index is 368. The van der Waals surface area contributed by atoms with E-state index in [2.05, 4.69) is 15.1 Å². The van der Waals surface area contributed by atoms with Gasteiger partial charge in [0.25, 0.3) is 0 Å². The third-order valence-corrected chi connectivity index (χ3v) is 4.31. The summed E-state index contributed by atoms with van der Waals surface area (Å²) in [6.07, 6.45) is 2.42. The molecule has 0 atom stereocenters. The molecule has 1 fully saturated rings. The summed E-state index contributed by atoms with van der Waals surface area (Å²) < 4.78 is 2.07. The standard InChI is InChI=1S/C10H16N4S/c11-10-8-5-12-6-9(8)13-14(10)7-1-3-15-4-2-7/h7,12H,1-6,11H2. The molecule has 0 radical (unpaired) electrons. The molecule has 0 aromatic carbocycles. The van der Waals surface area contributed by atoms with Gasteiger partial charge < -0.3 is 11.1 Å². The van der Waals surface area contributed by atoms with Crippen LogP contribution in [0.3, 0.4) is 0 Å². The average molecular weight is 224 g/mol. The number of nitrogen functional groups attached to an aromatic ring is 1. The molecule has 0 unspecified atom stereocenters. The van der Waals surface area contributed by atoms with E-state index in [1.54, 1.807) is 0 Å². The SMILES string of the molecule is Nc1c2c(nn1C1CCSCC1)CNC2. The quantitative estimate of drug-likeness (QED) is 0.751. The zero-order valence-electron chi connectivity index (χ0n) is 8.70. The number of anilines is 1. The second kappa shape index (κ2) is 3.72. The van der Waals surface area contributed by atoms with Crippen LogP contribution < -0.4 is 11.1 Å². The van der Waals surface area contributed by atoms with Gasteiger partial charge in [-0.05, 0) is 24.3 Å². The van der Waals surface area contributed by atoms with Crippen LogP contribution in [0.15, 0.2) is 0 Å². The monoisotopic (exact) mass is 224 g/mol. The molecule has 0 amide bonds. The lowest BCUT2D eigenvalue weighted by molar-refractivity contribution is 0.427. The Hall–Kier alpha value is -0.680. The highest BCUT2D eigenvalue weighted by Crippen LogP contribution is 2.31. The fourth-order valence-corrected chi connectivity index (χ4v) is 3.46. The average Bonchev–Trinajstić information content (AvgIpc) is 2.83. The Morgan fingerprint density at radius 1 is 1.33 bits per heavy atom. The predicted octanol–water partition coefficient (Wildman–Crippen LogP) is 1.14. The van der Waals surface area contributed by atoms with Gasteiger partial charge >= 0.3 is 0 Å². The third-order valence-electron chi connectivity index (χ3n) is 3.26. The summed E-state index contributed by atoms with van der Waals surface area (Å²) in [5.41, 5.74) is 8.53. The highest BCUT2D eigenvalue weighted by atomic mass is 32.2.